The normalized spacial score (nSPS) is 29.5. The van der Waals surface area contributed by atoms with E-state index in [1.807, 2.05) is 0 Å². The summed E-state index contributed by atoms with van der Waals surface area (Å²) < 4.78 is 0. The van der Waals surface area contributed by atoms with Crippen LogP contribution in [0.1, 0.15) is 28.5 Å². The van der Waals surface area contributed by atoms with Gasteiger partial charge in [-0.15, -0.1) is 11.3 Å². The van der Waals surface area contributed by atoms with Gasteiger partial charge in [-0.2, -0.15) is 0 Å². The highest BCUT2D eigenvalue weighted by atomic mass is 32.1. The van der Waals surface area contributed by atoms with Crippen LogP contribution in [-0.2, 0) is 9.59 Å². The minimum absolute atomic E-state index is 0.0885. The number of hydrogen-bond donors (Lipinski definition) is 1. The van der Waals surface area contributed by atoms with Crippen molar-refractivity contribution < 1.29 is 14.7 Å². The predicted octanol–water partition coefficient (Wildman–Crippen LogP) is 2.09. The van der Waals surface area contributed by atoms with Crippen LogP contribution in [0.25, 0.3) is 0 Å². The minimum atomic E-state index is -0.781. The molecule has 3 atom stereocenters. The van der Waals surface area contributed by atoms with Crippen LogP contribution in [0.5, 0.6) is 0 Å². The molecule has 0 bridgehead atoms. The molecule has 1 aliphatic carbocycles. The van der Waals surface area contributed by atoms with Gasteiger partial charge in [0.25, 0.3) is 0 Å². The van der Waals surface area contributed by atoms with Gasteiger partial charge in [0.1, 0.15) is 0 Å². The van der Waals surface area contributed by atoms with Crippen LogP contribution in [0.2, 0.25) is 0 Å². The lowest BCUT2D eigenvalue weighted by atomic mass is 10.1. The summed E-state index contributed by atoms with van der Waals surface area (Å²) in [5, 5.41) is 8.96. The highest BCUT2D eigenvalue weighted by molar-refractivity contribution is 7.12. The Morgan fingerprint density at radius 2 is 2.21 bits per heavy atom. The fourth-order valence-corrected chi connectivity index (χ4v) is 3.89. The van der Waals surface area contributed by atoms with E-state index < -0.39 is 5.97 Å². The zero-order valence-corrected chi connectivity index (χ0v) is 11.7. The Morgan fingerprint density at radius 1 is 1.42 bits per heavy atom. The largest absolute Gasteiger partial charge is 0.481 e. The summed E-state index contributed by atoms with van der Waals surface area (Å²) in [7, 11) is 0. The SMILES string of the molecule is Cc1ccc([C@@H]2C[C@H]2C(=O)N2CC[C@@H](C(=O)O)C2)s1. The Balaban J connectivity index is 1.60. The maximum atomic E-state index is 12.3. The zero-order chi connectivity index (χ0) is 13.6. The van der Waals surface area contributed by atoms with Gasteiger partial charge in [-0.3, -0.25) is 9.59 Å². The van der Waals surface area contributed by atoms with E-state index in [0.29, 0.717) is 25.4 Å². The molecule has 19 heavy (non-hydrogen) atoms. The molecule has 3 rings (SSSR count). The number of nitrogens with zero attached hydrogens (tertiary/aromatic N) is 1. The molecule has 0 radical (unpaired) electrons. The van der Waals surface area contributed by atoms with E-state index in [9.17, 15) is 9.59 Å². The van der Waals surface area contributed by atoms with Crippen molar-refractivity contribution in [3.63, 3.8) is 0 Å². The first kappa shape index (κ1) is 12.7. The van der Waals surface area contributed by atoms with Crippen LogP contribution in [0.3, 0.4) is 0 Å². The molecule has 0 aromatic carbocycles. The van der Waals surface area contributed by atoms with E-state index in [1.165, 1.54) is 9.75 Å². The van der Waals surface area contributed by atoms with Crippen LogP contribution in [0.4, 0.5) is 0 Å². The van der Waals surface area contributed by atoms with E-state index in [-0.39, 0.29) is 17.7 Å². The maximum Gasteiger partial charge on any atom is 0.308 e. The van der Waals surface area contributed by atoms with Crippen LogP contribution < -0.4 is 0 Å². The van der Waals surface area contributed by atoms with Gasteiger partial charge in [-0.25, -0.2) is 0 Å². The molecule has 1 saturated heterocycles. The molecule has 4 nitrogen and oxygen atoms in total. The first-order valence-electron chi connectivity index (χ1n) is 6.64. The lowest BCUT2D eigenvalue weighted by Gasteiger charge is -2.15. The summed E-state index contributed by atoms with van der Waals surface area (Å²) in [5.41, 5.74) is 0. The third-order valence-electron chi connectivity index (χ3n) is 4.08. The average molecular weight is 279 g/mol. The van der Waals surface area contributed by atoms with Gasteiger partial charge < -0.3 is 10.0 Å². The molecule has 2 heterocycles. The van der Waals surface area contributed by atoms with Crippen molar-refractivity contribution in [1.29, 1.82) is 0 Å². The summed E-state index contributed by atoms with van der Waals surface area (Å²) in [6.07, 6.45) is 1.52. The molecular formula is C14H17NO3S. The van der Waals surface area contributed by atoms with Crippen molar-refractivity contribution in [1.82, 2.24) is 4.90 Å². The number of rotatable bonds is 3. The van der Waals surface area contributed by atoms with Crippen molar-refractivity contribution >= 4 is 23.2 Å². The molecule has 1 N–H and O–H groups in total. The van der Waals surface area contributed by atoms with Crippen molar-refractivity contribution in [3.05, 3.63) is 21.9 Å². The van der Waals surface area contributed by atoms with E-state index >= 15 is 0 Å². The van der Waals surface area contributed by atoms with Gasteiger partial charge >= 0.3 is 5.97 Å². The molecule has 1 saturated carbocycles. The van der Waals surface area contributed by atoms with E-state index in [4.69, 9.17) is 5.11 Å². The summed E-state index contributed by atoms with van der Waals surface area (Å²) >= 11 is 1.76. The summed E-state index contributed by atoms with van der Waals surface area (Å²) in [6.45, 7) is 3.06. The molecular weight excluding hydrogens is 262 g/mol. The molecule has 0 spiro atoms. The molecule has 2 aliphatic rings. The lowest BCUT2D eigenvalue weighted by molar-refractivity contribution is -0.141. The Kier molecular flexibility index (Phi) is 3.09. The van der Waals surface area contributed by atoms with Gasteiger partial charge in [0.2, 0.25) is 5.91 Å². The van der Waals surface area contributed by atoms with Crippen molar-refractivity contribution in [3.8, 4) is 0 Å². The highest BCUT2D eigenvalue weighted by Crippen LogP contribution is 2.50. The molecule has 5 heteroatoms. The number of carbonyl (C=O) groups excluding carboxylic acids is 1. The van der Waals surface area contributed by atoms with E-state index in [1.54, 1.807) is 16.2 Å². The minimum Gasteiger partial charge on any atom is -0.481 e. The number of carboxylic acids is 1. The summed E-state index contributed by atoms with van der Waals surface area (Å²) in [4.78, 5) is 27.5. The summed E-state index contributed by atoms with van der Waals surface area (Å²) in [6, 6.07) is 4.21. The quantitative estimate of drug-likeness (QED) is 0.921. The molecule has 2 fully saturated rings. The van der Waals surface area contributed by atoms with E-state index in [0.717, 1.165) is 6.42 Å². The number of carboxylic acid groups (broad SMARTS) is 1. The smallest absolute Gasteiger partial charge is 0.308 e. The molecule has 1 aromatic heterocycles. The Morgan fingerprint density at radius 3 is 2.79 bits per heavy atom. The Hall–Kier alpha value is -1.36. The van der Waals surface area contributed by atoms with Crippen molar-refractivity contribution in [2.45, 2.75) is 25.7 Å². The average Bonchev–Trinajstić information content (AvgIpc) is 2.82. The molecule has 1 aromatic rings. The second kappa shape index (κ2) is 4.63. The van der Waals surface area contributed by atoms with E-state index in [2.05, 4.69) is 19.1 Å². The van der Waals surface area contributed by atoms with Crippen molar-refractivity contribution in [2.75, 3.05) is 13.1 Å². The van der Waals surface area contributed by atoms with Gasteiger partial charge in [0.05, 0.1) is 5.92 Å². The fraction of sp³-hybridized carbons (Fsp3) is 0.571. The number of hydrogen-bond acceptors (Lipinski definition) is 3. The predicted molar refractivity (Wildman–Crippen MR) is 72.2 cm³/mol. The van der Waals surface area contributed by atoms with Gasteiger partial charge in [-0.05, 0) is 31.9 Å². The number of aliphatic carboxylic acids is 1. The second-order valence-corrected chi connectivity index (χ2v) is 6.82. The highest BCUT2D eigenvalue weighted by Gasteiger charge is 2.47. The number of carbonyl (C=O) groups is 2. The monoisotopic (exact) mass is 279 g/mol. The number of aryl methyl sites for hydroxylation is 1. The van der Waals surface area contributed by atoms with Gasteiger partial charge in [0, 0.05) is 34.7 Å². The molecule has 1 aliphatic heterocycles. The Labute approximate surface area is 116 Å². The zero-order valence-electron chi connectivity index (χ0n) is 10.8. The van der Waals surface area contributed by atoms with Crippen LogP contribution in [0.15, 0.2) is 12.1 Å². The summed E-state index contributed by atoms with van der Waals surface area (Å²) in [5.74, 6) is -0.540. The molecule has 0 unspecified atom stereocenters. The van der Waals surface area contributed by atoms with Gasteiger partial charge in [0.15, 0.2) is 0 Å². The maximum absolute atomic E-state index is 12.3. The lowest BCUT2D eigenvalue weighted by Crippen LogP contribution is -2.31. The number of amides is 1. The topological polar surface area (TPSA) is 57.6 Å². The fourth-order valence-electron chi connectivity index (χ4n) is 2.83. The Bertz CT molecular complexity index is 525. The number of thiophene rings is 1. The number of likely N-dealkylation sites (tertiary alicyclic amines) is 1. The van der Waals surface area contributed by atoms with Crippen LogP contribution in [0, 0.1) is 18.8 Å². The second-order valence-electron chi connectivity index (χ2n) is 5.51. The standard InChI is InChI=1S/C14H17NO3S/c1-8-2-3-12(19-8)10-6-11(10)13(16)15-5-4-9(7-15)14(17)18/h2-3,9-11H,4-7H2,1H3,(H,17,18)/t9-,10-,11-/m1/s1. The molecule has 102 valence electrons. The third-order valence-corrected chi connectivity index (χ3v) is 5.22. The molecule has 1 amide bonds. The van der Waals surface area contributed by atoms with Crippen LogP contribution in [-0.4, -0.2) is 35.0 Å². The first-order valence-corrected chi connectivity index (χ1v) is 7.46. The van der Waals surface area contributed by atoms with Gasteiger partial charge in [-0.1, -0.05) is 0 Å². The van der Waals surface area contributed by atoms with Crippen LogP contribution >= 0.6 is 11.3 Å². The first-order chi connectivity index (χ1) is 9.06. The third kappa shape index (κ3) is 2.39. The van der Waals surface area contributed by atoms with Crippen molar-refractivity contribution in [2.24, 2.45) is 11.8 Å².